The van der Waals surface area contributed by atoms with Crippen LogP contribution >= 0.6 is 0 Å². The van der Waals surface area contributed by atoms with Crippen LogP contribution in [0.3, 0.4) is 0 Å². The van der Waals surface area contributed by atoms with Crippen molar-refractivity contribution in [3.63, 3.8) is 0 Å². The first-order valence-corrected chi connectivity index (χ1v) is 9.42. The highest BCUT2D eigenvalue weighted by Gasteiger charge is 2.68. The van der Waals surface area contributed by atoms with Gasteiger partial charge in [0.25, 0.3) is 0 Å². The number of ether oxygens (including phenoxy) is 1. The Kier molecular flexibility index (Phi) is 3.15. The molecule has 4 aliphatic rings. The van der Waals surface area contributed by atoms with Crippen molar-refractivity contribution in [1.29, 1.82) is 0 Å². The quantitative estimate of drug-likeness (QED) is 0.582. The maximum Gasteiger partial charge on any atom is 0.310 e. The van der Waals surface area contributed by atoms with Gasteiger partial charge in [-0.1, -0.05) is 29.8 Å². The van der Waals surface area contributed by atoms with Gasteiger partial charge in [-0.25, -0.2) is 0 Å². The lowest BCUT2D eigenvalue weighted by Gasteiger charge is -2.63. The zero-order valence-electron chi connectivity index (χ0n) is 15.2. The Morgan fingerprint density at radius 1 is 1.36 bits per heavy atom. The molecule has 0 amide bonds. The van der Waals surface area contributed by atoms with Crippen molar-refractivity contribution in [3.05, 3.63) is 41.5 Å². The SMILES string of the molecule is C/C=C1/CN2CC[C@@]34c5ccccc5N(C)C3C2C[C@@H]1[C@H]4C(=O)OC. The molecule has 3 bridgehead atoms. The number of likely N-dealkylation sites (N-methyl/N-ethyl adjacent to an activating group) is 1. The molecule has 1 saturated carbocycles. The second-order valence-electron chi connectivity index (χ2n) is 8.11. The standard InChI is InChI=1S/C21H26N2O2/c1-4-13-12-23-10-9-21-15-7-5-6-8-16(15)22(2)19(21)17(23)11-14(13)18(21)20(24)25-3/h4-8,14,17-19H,9-12H2,1-3H3/b13-4-/t14-,17?,18-,19?,21-/m0/s1. The summed E-state index contributed by atoms with van der Waals surface area (Å²) in [5, 5.41) is 0. The number of piperidine rings is 2. The predicted molar refractivity (Wildman–Crippen MR) is 97.7 cm³/mol. The zero-order valence-corrected chi connectivity index (χ0v) is 15.2. The summed E-state index contributed by atoms with van der Waals surface area (Å²) in [5.41, 5.74) is 3.98. The molecule has 0 radical (unpaired) electrons. The van der Waals surface area contributed by atoms with Crippen molar-refractivity contribution in [3.8, 4) is 0 Å². The Balaban J connectivity index is 1.78. The molecule has 0 aromatic heterocycles. The van der Waals surface area contributed by atoms with Gasteiger partial charge < -0.3 is 9.64 Å². The van der Waals surface area contributed by atoms with Crippen molar-refractivity contribution in [2.24, 2.45) is 11.8 Å². The van der Waals surface area contributed by atoms with Crippen molar-refractivity contribution < 1.29 is 9.53 Å². The average molecular weight is 338 g/mol. The van der Waals surface area contributed by atoms with E-state index in [0.29, 0.717) is 18.0 Å². The molecular formula is C21H26N2O2. The van der Waals surface area contributed by atoms with Crippen LogP contribution in [0.25, 0.3) is 0 Å². The molecule has 1 aliphatic carbocycles. The van der Waals surface area contributed by atoms with E-state index in [0.717, 1.165) is 25.9 Å². The number of fused-ring (bicyclic) bond motifs is 2. The number of anilines is 1. The van der Waals surface area contributed by atoms with Crippen LogP contribution < -0.4 is 4.90 Å². The van der Waals surface area contributed by atoms with E-state index in [4.69, 9.17) is 4.74 Å². The van der Waals surface area contributed by atoms with E-state index in [1.807, 2.05) is 0 Å². The number of allylic oxidation sites excluding steroid dienone is 1. The van der Waals surface area contributed by atoms with Gasteiger partial charge in [-0.05, 0) is 43.9 Å². The number of nitrogens with zero attached hydrogens (tertiary/aromatic N) is 2. The highest BCUT2D eigenvalue weighted by molar-refractivity contribution is 5.80. The van der Waals surface area contributed by atoms with E-state index < -0.39 is 0 Å². The Bertz CT molecular complexity index is 773. The summed E-state index contributed by atoms with van der Waals surface area (Å²) in [7, 11) is 3.77. The van der Waals surface area contributed by atoms with Crippen molar-refractivity contribution in [2.75, 3.05) is 32.1 Å². The molecule has 25 heavy (non-hydrogen) atoms. The Hall–Kier alpha value is -1.81. The molecule has 1 aromatic carbocycles. The number of hydrogen-bond acceptors (Lipinski definition) is 4. The van der Waals surface area contributed by atoms with Gasteiger partial charge in [-0.15, -0.1) is 0 Å². The van der Waals surface area contributed by atoms with Gasteiger partial charge in [0.2, 0.25) is 0 Å². The van der Waals surface area contributed by atoms with E-state index in [2.05, 4.69) is 54.1 Å². The van der Waals surface area contributed by atoms with Gasteiger partial charge in [0.1, 0.15) is 0 Å². The number of esters is 1. The van der Waals surface area contributed by atoms with Crippen molar-refractivity contribution in [1.82, 2.24) is 4.90 Å². The number of carbonyl (C=O) groups is 1. The second kappa shape index (κ2) is 5.10. The third-order valence-electron chi connectivity index (χ3n) is 7.52. The average Bonchev–Trinajstić information content (AvgIpc) is 2.91. The van der Waals surface area contributed by atoms with Gasteiger partial charge in [-0.2, -0.15) is 0 Å². The smallest absolute Gasteiger partial charge is 0.310 e. The van der Waals surface area contributed by atoms with Crippen molar-refractivity contribution >= 4 is 11.7 Å². The molecule has 2 saturated heterocycles. The van der Waals surface area contributed by atoms with Gasteiger partial charge >= 0.3 is 5.97 Å². The lowest BCUT2D eigenvalue weighted by molar-refractivity contribution is -0.158. The largest absolute Gasteiger partial charge is 0.469 e. The molecule has 2 unspecified atom stereocenters. The number of para-hydroxylation sites is 1. The number of carbonyl (C=O) groups excluding carboxylic acids is 1. The second-order valence-corrected chi connectivity index (χ2v) is 8.11. The highest BCUT2D eigenvalue weighted by Crippen LogP contribution is 2.63. The van der Waals surface area contributed by atoms with Crippen LogP contribution in [-0.4, -0.2) is 50.2 Å². The fourth-order valence-corrected chi connectivity index (χ4v) is 6.67. The van der Waals surface area contributed by atoms with Crippen LogP contribution in [0, 0.1) is 11.8 Å². The summed E-state index contributed by atoms with van der Waals surface area (Å²) in [4.78, 5) is 18.2. The van der Waals surface area contributed by atoms with Crippen molar-refractivity contribution in [2.45, 2.75) is 37.3 Å². The molecule has 4 nitrogen and oxygen atoms in total. The predicted octanol–water partition coefficient (Wildman–Crippen LogP) is 2.59. The Morgan fingerprint density at radius 2 is 2.16 bits per heavy atom. The highest BCUT2D eigenvalue weighted by atomic mass is 16.5. The van der Waals surface area contributed by atoms with E-state index in [-0.39, 0.29) is 17.3 Å². The van der Waals surface area contributed by atoms with Gasteiger partial charge in [0.15, 0.2) is 0 Å². The number of benzene rings is 1. The van der Waals surface area contributed by atoms with Crippen LogP contribution in [0.15, 0.2) is 35.9 Å². The zero-order chi connectivity index (χ0) is 17.3. The summed E-state index contributed by atoms with van der Waals surface area (Å²) in [5.74, 6) is 0.224. The minimum atomic E-state index is -0.114. The van der Waals surface area contributed by atoms with Crippen LogP contribution in [-0.2, 0) is 14.9 Å². The third-order valence-corrected chi connectivity index (χ3v) is 7.52. The molecule has 5 atom stereocenters. The maximum absolute atomic E-state index is 13.1. The van der Waals surface area contributed by atoms with Gasteiger partial charge in [-0.3, -0.25) is 9.69 Å². The lowest BCUT2D eigenvalue weighted by Crippen LogP contribution is -2.72. The molecule has 1 aromatic rings. The lowest BCUT2D eigenvalue weighted by atomic mass is 9.50. The van der Waals surface area contributed by atoms with E-state index in [1.54, 1.807) is 7.11 Å². The Labute approximate surface area is 149 Å². The van der Waals surface area contributed by atoms with Gasteiger partial charge in [0, 0.05) is 30.7 Å². The van der Waals surface area contributed by atoms with E-state index in [1.165, 1.54) is 16.8 Å². The first kappa shape index (κ1) is 15.4. The molecule has 0 spiro atoms. The summed E-state index contributed by atoms with van der Waals surface area (Å²) in [6, 6.07) is 9.63. The van der Waals surface area contributed by atoms with E-state index in [9.17, 15) is 4.79 Å². The fraction of sp³-hybridized carbons (Fsp3) is 0.571. The molecule has 3 aliphatic heterocycles. The van der Waals surface area contributed by atoms with Crippen LogP contribution in [0.2, 0.25) is 0 Å². The molecule has 3 fully saturated rings. The van der Waals surface area contributed by atoms with Crippen LogP contribution in [0.5, 0.6) is 0 Å². The first-order chi connectivity index (χ1) is 12.1. The third kappa shape index (κ3) is 1.69. The normalized spacial score (nSPS) is 40.1. The summed E-state index contributed by atoms with van der Waals surface area (Å²) < 4.78 is 5.38. The topological polar surface area (TPSA) is 32.8 Å². The number of rotatable bonds is 1. The molecular weight excluding hydrogens is 312 g/mol. The summed E-state index contributed by atoms with van der Waals surface area (Å²) >= 11 is 0. The van der Waals surface area contributed by atoms with Crippen LogP contribution in [0.1, 0.15) is 25.3 Å². The fourth-order valence-electron chi connectivity index (χ4n) is 6.67. The number of methoxy groups -OCH3 is 1. The molecule has 0 N–H and O–H groups in total. The first-order valence-electron chi connectivity index (χ1n) is 9.42. The van der Waals surface area contributed by atoms with E-state index >= 15 is 0 Å². The summed E-state index contributed by atoms with van der Waals surface area (Å²) in [6.45, 7) is 4.20. The minimum Gasteiger partial charge on any atom is -0.469 e. The van der Waals surface area contributed by atoms with Gasteiger partial charge in [0.05, 0.1) is 19.1 Å². The maximum atomic E-state index is 13.1. The minimum absolute atomic E-state index is 0.0201. The Morgan fingerprint density at radius 3 is 2.92 bits per heavy atom. The number of hydrogen-bond donors (Lipinski definition) is 0. The molecule has 5 rings (SSSR count). The monoisotopic (exact) mass is 338 g/mol. The molecule has 3 heterocycles. The van der Waals surface area contributed by atoms with Crippen LogP contribution in [0.4, 0.5) is 5.69 Å². The molecule has 132 valence electrons. The summed E-state index contributed by atoms with van der Waals surface area (Å²) in [6.07, 6.45) is 4.36. The molecule has 4 heteroatoms.